The molecule has 0 aromatic heterocycles. The van der Waals surface area contributed by atoms with Crippen molar-refractivity contribution in [1.29, 1.82) is 0 Å². The highest BCUT2D eigenvalue weighted by Crippen LogP contribution is 2.16. The van der Waals surface area contributed by atoms with E-state index in [0.29, 0.717) is 5.92 Å². The maximum atomic E-state index is 11.9. The van der Waals surface area contributed by atoms with Gasteiger partial charge < -0.3 is 20.3 Å². The van der Waals surface area contributed by atoms with Crippen molar-refractivity contribution in [2.45, 2.75) is 64.7 Å². The Morgan fingerprint density at radius 1 is 1.17 bits per heavy atom. The minimum atomic E-state index is -1.72. The van der Waals surface area contributed by atoms with Gasteiger partial charge in [-0.2, -0.15) is 0 Å². The maximum Gasteiger partial charge on any atom is 0.407 e. The molecule has 0 saturated carbocycles. The highest BCUT2D eigenvalue weighted by atomic mass is 16.6. The number of carbonyl (C=O) groups excluding carboxylic acids is 1. The Morgan fingerprint density at radius 2 is 1.71 bits per heavy atom. The van der Waals surface area contributed by atoms with E-state index in [9.17, 15) is 14.7 Å². The summed E-state index contributed by atoms with van der Waals surface area (Å²) in [5.74, 6) is -1.01. The SMILES string of the molecule is CC(C)c1ccc(C[C@H](NC(=O)OC(C)(C)C)[C@H](O)C(=O)O)cc1. The van der Waals surface area contributed by atoms with Crippen LogP contribution in [0.3, 0.4) is 0 Å². The number of carbonyl (C=O) groups is 2. The van der Waals surface area contributed by atoms with Gasteiger partial charge in [-0.15, -0.1) is 0 Å². The van der Waals surface area contributed by atoms with Crippen LogP contribution in [-0.2, 0) is 16.0 Å². The number of aliphatic carboxylic acids is 1. The lowest BCUT2D eigenvalue weighted by Gasteiger charge is -2.25. The molecule has 2 atom stereocenters. The van der Waals surface area contributed by atoms with Crippen molar-refractivity contribution >= 4 is 12.1 Å². The molecular weight excluding hydrogens is 310 g/mol. The number of aliphatic hydroxyl groups excluding tert-OH is 1. The number of alkyl carbamates (subject to hydrolysis) is 1. The van der Waals surface area contributed by atoms with Gasteiger partial charge in [0.2, 0.25) is 0 Å². The number of benzene rings is 1. The Balaban J connectivity index is 2.86. The minimum absolute atomic E-state index is 0.186. The zero-order valence-corrected chi connectivity index (χ0v) is 14.9. The van der Waals surface area contributed by atoms with Crippen LogP contribution in [-0.4, -0.2) is 40.0 Å². The number of aliphatic hydroxyl groups is 1. The molecule has 0 radical (unpaired) electrons. The number of ether oxygens (including phenoxy) is 1. The van der Waals surface area contributed by atoms with Crippen molar-refractivity contribution in [3.8, 4) is 0 Å². The van der Waals surface area contributed by atoms with Crippen molar-refractivity contribution in [3.05, 3.63) is 35.4 Å². The molecule has 0 bridgehead atoms. The Hall–Kier alpha value is -2.08. The van der Waals surface area contributed by atoms with Crippen LogP contribution in [0.4, 0.5) is 4.79 Å². The van der Waals surface area contributed by atoms with Gasteiger partial charge in [0, 0.05) is 0 Å². The van der Waals surface area contributed by atoms with Crippen LogP contribution in [0, 0.1) is 0 Å². The lowest BCUT2D eigenvalue weighted by atomic mass is 9.97. The molecule has 134 valence electrons. The van der Waals surface area contributed by atoms with Gasteiger partial charge in [0.05, 0.1) is 6.04 Å². The second-order valence-electron chi connectivity index (χ2n) is 7.14. The molecule has 0 aliphatic heterocycles. The Kier molecular flexibility index (Phi) is 6.78. The van der Waals surface area contributed by atoms with E-state index in [-0.39, 0.29) is 6.42 Å². The molecule has 1 aromatic rings. The lowest BCUT2D eigenvalue weighted by Crippen LogP contribution is -2.49. The zero-order valence-electron chi connectivity index (χ0n) is 14.9. The van der Waals surface area contributed by atoms with Gasteiger partial charge in [-0.1, -0.05) is 38.1 Å². The van der Waals surface area contributed by atoms with E-state index in [1.807, 2.05) is 24.3 Å². The molecule has 0 unspecified atom stereocenters. The van der Waals surface area contributed by atoms with E-state index in [0.717, 1.165) is 11.1 Å². The van der Waals surface area contributed by atoms with Gasteiger partial charge in [-0.3, -0.25) is 0 Å². The summed E-state index contributed by atoms with van der Waals surface area (Å²) in [5, 5.41) is 21.4. The first-order valence-electron chi connectivity index (χ1n) is 7.99. The van der Waals surface area contributed by atoms with Gasteiger partial charge in [0.1, 0.15) is 5.60 Å². The molecular formula is C18H27NO5. The normalized spacial score (nSPS) is 14.1. The molecule has 0 saturated heterocycles. The fourth-order valence-electron chi connectivity index (χ4n) is 2.17. The molecule has 0 aliphatic rings. The molecule has 1 amide bonds. The molecule has 6 nitrogen and oxygen atoms in total. The highest BCUT2D eigenvalue weighted by Gasteiger charge is 2.29. The summed E-state index contributed by atoms with van der Waals surface area (Å²) in [5.41, 5.74) is 1.27. The summed E-state index contributed by atoms with van der Waals surface area (Å²) in [6.45, 7) is 9.28. The van der Waals surface area contributed by atoms with Crippen molar-refractivity contribution in [2.75, 3.05) is 0 Å². The Morgan fingerprint density at radius 3 is 2.12 bits per heavy atom. The third-order valence-electron chi connectivity index (χ3n) is 3.44. The van der Waals surface area contributed by atoms with Gasteiger partial charge in [-0.25, -0.2) is 9.59 Å². The average Bonchev–Trinajstić information content (AvgIpc) is 2.44. The van der Waals surface area contributed by atoms with E-state index in [4.69, 9.17) is 9.84 Å². The first-order valence-corrected chi connectivity index (χ1v) is 7.99. The molecule has 0 fully saturated rings. The monoisotopic (exact) mass is 337 g/mol. The number of rotatable bonds is 6. The topological polar surface area (TPSA) is 95.9 Å². The summed E-state index contributed by atoms with van der Waals surface area (Å²) in [4.78, 5) is 23.0. The van der Waals surface area contributed by atoms with Gasteiger partial charge in [0.25, 0.3) is 0 Å². The van der Waals surface area contributed by atoms with Crippen LogP contribution in [0.25, 0.3) is 0 Å². The summed E-state index contributed by atoms with van der Waals surface area (Å²) >= 11 is 0. The summed E-state index contributed by atoms with van der Waals surface area (Å²) < 4.78 is 5.13. The number of carboxylic acid groups (broad SMARTS) is 1. The first-order chi connectivity index (χ1) is 11.0. The van der Waals surface area contributed by atoms with Crippen molar-refractivity contribution < 1.29 is 24.5 Å². The van der Waals surface area contributed by atoms with Crippen molar-refractivity contribution in [1.82, 2.24) is 5.32 Å². The smallest absolute Gasteiger partial charge is 0.407 e. The van der Waals surface area contributed by atoms with Gasteiger partial charge >= 0.3 is 12.1 Å². The molecule has 0 heterocycles. The second kappa shape index (κ2) is 8.15. The fourth-order valence-corrected chi connectivity index (χ4v) is 2.17. The van der Waals surface area contributed by atoms with Gasteiger partial charge in [0.15, 0.2) is 6.10 Å². The number of hydrogen-bond donors (Lipinski definition) is 3. The fraction of sp³-hybridized carbons (Fsp3) is 0.556. The van der Waals surface area contributed by atoms with E-state index < -0.39 is 29.8 Å². The Labute approximate surface area is 142 Å². The molecule has 1 rings (SSSR count). The zero-order chi connectivity index (χ0) is 18.5. The second-order valence-corrected chi connectivity index (χ2v) is 7.14. The van der Waals surface area contributed by atoms with E-state index in [1.54, 1.807) is 20.8 Å². The van der Waals surface area contributed by atoms with Crippen LogP contribution in [0.15, 0.2) is 24.3 Å². The number of amides is 1. The van der Waals surface area contributed by atoms with E-state index in [2.05, 4.69) is 19.2 Å². The highest BCUT2D eigenvalue weighted by molar-refractivity contribution is 5.75. The average molecular weight is 337 g/mol. The molecule has 0 spiro atoms. The minimum Gasteiger partial charge on any atom is -0.479 e. The summed E-state index contributed by atoms with van der Waals surface area (Å²) in [7, 11) is 0. The summed E-state index contributed by atoms with van der Waals surface area (Å²) in [6, 6.07) is 6.67. The molecule has 1 aromatic carbocycles. The third-order valence-corrected chi connectivity index (χ3v) is 3.44. The van der Waals surface area contributed by atoms with E-state index >= 15 is 0 Å². The van der Waals surface area contributed by atoms with Crippen LogP contribution < -0.4 is 5.32 Å². The number of carboxylic acids is 1. The molecule has 3 N–H and O–H groups in total. The van der Waals surface area contributed by atoms with Crippen LogP contribution in [0.5, 0.6) is 0 Å². The van der Waals surface area contributed by atoms with Crippen molar-refractivity contribution in [3.63, 3.8) is 0 Å². The lowest BCUT2D eigenvalue weighted by molar-refractivity contribution is -0.148. The van der Waals surface area contributed by atoms with Crippen LogP contribution in [0.2, 0.25) is 0 Å². The predicted octanol–water partition coefficient (Wildman–Crippen LogP) is 2.69. The third kappa shape index (κ3) is 6.58. The Bertz CT molecular complexity index is 560. The standard InChI is InChI=1S/C18H27NO5/c1-11(2)13-8-6-12(7-9-13)10-14(15(20)16(21)22)19-17(23)24-18(3,4)5/h6-9,11,14-15,20H,10H2,1-5H3,(H,19,23)(H,21,22)/t14-,15-/m0/s1. The van der Waals surface area contributed by atoms with Crippen LogP contribution >= 0.6 is 0 Å². The number of hydrogen-bond acceptors (Lipinski definition) is 4. The van der Waals surface area contributed by atoms with Crippen LogP contribution in [0.1, 0.15) is 51.7 Å². The predicted molar refractivity (Wildman–Crippen MR) is 91.0 cm³/mol. The summed E-state index contributed by atoms with van der Waals surface area (Å²) in [6.07, 6.45) is -2.29. The van der Waals surface area contributed by atoms with Crippen molar-refractivity contribution in [2.24, 2.45) is 0 Å². The molecule has 0 aliphatic carbocycles. The van der Waals surface area contributed by atoms with Gasteiger partial charge in [-0.05, 0) is 44.2 Å². The largest absolute Gasteiger partial charge is 0.479 e. The number of nitrogens with one attached hydrogen (secondary N) is 1. The maximum absolute atomic E-state index is 11.9. The molecule has 6 heteroatoms. The van der Waals surface area contributed by atoms with E-state index in [1.165, 1.54) is 0 Å². The molecule has 24 heavy (non-hydrogen) atoms. The first kappa shape index (κ1) is 20.0. The quantitative estimate of drug-likeness (QED) is 0.742.